The molecule has 1 aromatic heterocycles. The highest BCUT2D eigenvalue weighted by molar-refractivity contribution is 7.78. The van der Waals surface area contributed by atoms with Crippen LogP contribution in [-0.4, -0.2) is 4.98 Å². The zero-order valence-corrected chi connectivity index (χ0v) is 17.9. The largest absolute Gasteiger partial charge is 0.313 e. The number of hydrogen-bond donors (Lipinski definition) is 0. The predicted octanol–water partition coefficient (Wildman–Crippen LogP) is 6.57. The Balaban J connectivity index is 1.86. The third kappa shape index (κ3) is 4.31. The summed E-state index contributed by atoms with van der Waals surface area (Å²) in [6.45, 7) is 0. The van der Waals surface area contributed by atoms with Crippen LogP contribution in [0, 0.1) is 0 Å². The Kier molecular flexibility index (Phi) is 5.87. The van der Waals surface area contributed by atoms with Crippen molar-refractivity contribution in [3.8, 4) is 11.3 Å². The lowest BCUT2D eigenvalue weighted by atomic mass is 10.1. The summed E-state index contributed by atoms with van der Waals surface area (Å²) in [5.41, 5.74) is 2.44. The Morgan fingerprint density at radius 2 is 1.28 bits per heavy atom. The van der Waals surface area contributed by atoms with Crippen LogP contribution in [0.2, 0.25) is 10.0 Å². The minimum absolute atomic E-state index is 0.355. The summed E-state index contributed by atoms with van der Waals surface area (Å²) in [4.78, 5) is 4.56. The van der Waals surface area contributed by atoms with Crippen molar-refractivity contribution in [1.29, 1.82) is 0 Å². The number of nitrogens with zero attached hydrogens (tertiary/aromatic N) is 1. The van der Waals surface area contributed by atoms with Gasteiger partial charge in [0.1, 0.15) is 7.14 Å². The van der Waals surface area contributed by atoms with Crippen LogP contribution in [0.5, 0.6) is 0 Å². The highest BCUT2D eigenvalue weighted by atomic mass is 35.5. The van der Waals surface area contributed by atoms with Crippen LogP contribution in [0.4, 0.5) is 0 Å². The molecule has 1 heterocycles. The molecule has 29 heavy (non-hydrogen) atoms. The van der Waals surface area contributed by atoms with Crippen LogP contribution in [0.15, 0.2) is 97.2 Å². The average Bonchev–Trinajstić information content (AvgIpc) is 2.74. The van der Waals surface area contributed by atoms with Gasteiger partial charge >= 0.3 is 0 Å². The molecule has 0 aliphatic rings. The van der Waals surface area contributed by atoms with Gasteiger partial charge in [-0.05, 0) is 29.8 Å². The van der Waals surface area contributed by atoms with E-state index in [9.17, 15) is 4.57 Å². The van der Waals surface area contributed by atoms with E-state index >= 15 is 0 Å². The minimum atomic E-state index is -2.92. The first kappa shape index (κ1) is 19.9. The first-order valence-corrected chi connectivity index (χ1v) is 11.8. The second-order valence-electron chi connectivity index (χ2n) is 6.74. The van der Waals surface area contributed by atoms with Crippen molar-refractivity contribution in [2.75, 3.05) is 0 Å². The van der Waals surface area contributed by atoms with Gasteiger partial charge in [0.05, 0.1) is 5.69 Å². The molecule has 0 saturated carbocycles. The van der Waals surface area contributed by atoms with Crippen LogP contribution < -0.4 is 10.6 Å². The number of hydrogen-bond acceptors (Lipinski definition) is 2. The standard InChI is InChI=1S/C24H18Cl2NOP/c25-20-14-19(15-21(26)16-20)24-18(8-7-13-27-24)17-29(28,22-9-3-1-4-10-22)23-11-5-2-6-12-23/h1-16H,17H2. The zero-order chi connectivity index (χ0) is 20.3. The number of halogens is 2. The SMILES string of the molecule is O=P(Cc1cccnc1-c1cc(Cl)cc(Cl)c1)(c1ccccc1)c1ccccc1. The Hall–Kier alpha value is -2.38. The first-order valence-electron chi connectivity index (χ1n) is 9.17. The summed E-state index contributed by atoms with van der Waals surface area (Å²) >= 11 is 12.4. The molecule has 0 radical (unpaired) electrons. The fraction of sp³-hybridized carbons (Fsp3) is 0.0417. The molecule has 0 bridgehead atoms. The topological polar surface area (TPSA) is 30.0 Å². The molecule has 0 atom stereocenters. The van der Waals surface area contributed by atoms with Crippen molar-refractivity contribution in [3.63, 3.8) is 0 Å². The monoisotopic (exact) mass is 437 g/mol. The molecule has 0 amide bonds. The van der Waals surface area contributed by atoms with Crippen LogP contribution in [0.3, 0.4) is 0 Å². The quantitative estimate of drug-likeness (QED) is 0.330. The van der Waals surface area contributed by atoms with Gasteiger partial charge in [-0.15, -0.1) is 0 Å². The number of pyridine rings is 1. The molecule has 3 aromatic carbocycles. The first-order chi connectivity index (χ1) is 14.1. The van der Waals surface area contributed by atoms with E-state index in [1.807, 2.05) is 84.9 Å². The molecule has 4 rings (SSSR count). The summed E-state index contributed by atoms with van der Waals surface area (Å²) in [5, 5.41) is 2.73. The summed E-state index contributed by atoms with van der Waals surface area (Å²) < 4.78 is 14.4. The molecule has 0 unspecified atom stereocenters. The number of rotatable bonds is 5. The lowest BCUT2D eigenvalue weighted by molar-refractivity contribution is 0.586. The fourth-order valence-electron chi connectivity index (χ4n) is 3.43. The van der Waals surface area contributed by atoms with E-state index in [-0.39, 0.29) is 0 Å². The number of benzene rings is 3. The summed E-state index contributed by atoms with van der Waals surface area (Å²) in [6, 6.07) is 28.5. The van der Waals surface area contributed by atoms with Crippen molar-refractivity contribution < 1.29 is 4.57 Å². The van der Waals surface area contributed by atoms with Crippen molar-refractivity contribution in [1.82, 2.24) is 4.98 Å². The lowest BCUT2D eigenvalue weighted by Gasteiger charge is -2.21. The summed E-state index contributed by atoms with van der Waals surface area (Å²) in [6.07, 6.45) is 2.08. The van der Waals surface area contributed by atoms with Gasteiger partial charge in [0.15, 0.2) is 0 Å². The summed E-state index contributed by atoms with van der Waals surface area (Å²) in [7, 11) is -2.92. The molecule has 0 aliphatic carbocycles. The van der Waals surface area contributed by atoms with Gasteiger partial charge in [0, 0.05) is 38.6 Å². The summed E-state index contributed by atoms with van der Waals surface area (Å²) in [5.74, 6) is 0. The highest BCUT2D eigenvalue weighted by Crippen LogP contribution is 2.48. The maximum Gasteiger partial charge on any atom is 0.147 e. The second kappa shape index (κ2) is 8.55. The van der Waals surface area contributed by atoms with Gasteiger partial charge < -0.3 is 4.57 Å². The zero-order valence-electron chi connectivity index (χ0n) is 15.5. The van der Waals surface area contributed by atoms with E-state index < -0.39 is 7.14 Å². The van der Waals surface area contributed by atoms with E-state index in [1.54, 1.807) is 12.3 Å². The van der Waals surface area contributed by atoms with Crippen molar-refractivity contribution in [3.05, 3.63) is 113 Å². The van der Waals surface area contributed by atoms with Crippen molar-refractivity contribution in [2.45, 2.75) is 6.16 Å². The molecule has 0 fully saturated rings. The normalized spacial score (nSPS) is 11.4. The van der Waals surface area contributed by atoms with Gasteiger partial charge in [-0.2, -0.15) is 0 Å². The third-order valence-corrected chi connectivity index (χ3v) is 8.25. The van der Waals surface area contributed by atoms with Gasteiger partial charge in [0.25, 0.3) is 0 Å². The third-order valence-electron chi connectivity index (χ3n) is 4.77. The van der Waals surface area contributed by atoms with Crippen LogP contribution >= 0.6 is 30.3 Å². The Morgan fingerprint density at radius 1 is 0.724 bits per heavy atom. The Labute approximate surface area is 180 Å². The van der Waals surface area contributed by atoms with E-state index in [4.69, 9.17) is 23.2 Å². The molecule has 0 spiro atoms. The predicted molar refractivity (Wildman–Crippen MR) is 123 cm³/mol. The molecule has 144 valence electrons. The van der Waals surface area contributed by atoms with E-state index in [0.717, 1.165) is 27.4 Å². The van der Waals surface area contributed by atoms with Crippen LogP contribution in [0.1, 0.15) is 5.56 Å². The maximum atomic E-state index is 14.4. The molecule has 0 N–H and O–H groups in total. The smallest absolute Gasteiger partial charge is 0.147 e. The fourth-order valence-corrected chi connectivity index (χ4v) is 6.66. The van der Waals surface area contributed by atoms with Crippen molar-refractivity contribution >= 4 is 41.0 Å². The maximum absolute atomic E-state index is 14.4. The minimum Gasteiger partial charge on any atom is -0.313 e. The highest BCUT2D eigenvalue weighted by Gasteiger charge is 2.28. The molecule has 0 saturated heterocycles. The van der Waals surface area contributed by atoms with E-state index in [0.29, 0.717) is 16.2 Å². The van der Waals surface area contributed by atoms with E-state index in [1.165, 1.54) is 0 Å². The number of aromatic nitrogens is 1. The molecular weight excluding hydrogens is 420 g/mol. The Bertz CT molecular complexity index is 1120. The van der Waals surface area contributed by atoms with Crippen LogP contribution in [-0.2, 0) is 10.7 Å². The van der Waals surface area contributed by atoms with Gasteiger partial charge in [-0.3, -0.25) is 4.98 Å². The van der Waals surface area contributed by atoms with E-state index in [2.05, 4.69) is 4.98 Å². The second-order valence-corrected chi connectivity index (χ2v) is 10.4. The van der Waals surface area contributed by atoms with Gasteiger partial charge in [0.2, 0.25) is 0 Å². The molecule has 5 heteroatoms. The van der Waals surface area contributed by atoms with Crippen LogP contribution in [0.25, 0.3) is 11.3 Å². The molecule has 2 nitrogen and oxygen atoms in total. The van der Waals surface area contributed by atoms with Gasteiger partial charge in [-0.25, -0.2) is 0 Å². The lowest BCUT2D eigenvalue weighted by Crippen LogP contribution is -2.17. The molecular formula is C24H18Cl2NOP. The van der Waals surface area contributed by atoms with Gasteiger partial charge in [-0.1, -0.05) is 89.9 Å². The van der Waals surface area contributed by atoms with Crippen molar-refractivity contribution in [2.24, 2.45) is 0 Å². The molecule has 4 aromatic rings. The average molecular weight is 438 g/mol. The molecule has 0 aliphatic heterocycles. The Morgan fingerprint density at radius 3 is 1.83 bits per heavy atom.